The van der Waals surface area contributed by atoms with E-state index >= 15 is 0 Å². The largest absolute Gasteiger partial charge is 0.378 e. The monoisotopic (exact) mass is 391 g/mol. The molecule has 0 bridgehead atoms. The van der Waals surface area contributed by atoms with Crippen LogP contribution < -0.4 is 9.62 Å². The number of rotatable bonds is 8. The lowest BCUT2D eigenvalue weighted by Crippen LogP contribution is -2.26. The zero-order valence-corrected chi connectivity index (χ0v) is 16.8. The van der Waals surface area contributed by atoms with Crippen molar-refractivity contribution >= 4 is 21.4 Å². The molecule has 2 rings (SSSR count). The highest BCUT2D eigenvalue weighted by Crippen LogP contribution is 2.25. The summed E-state index contributed by atoms with van der Waals surface area (Å²) in [6.07, 6.45) is 1.37. The van der Waals surface area contributed by atoms with Crippen molar-refractivity contribution in [2.75, 3.05) is 25.5 Å². The van der Waals surface area contributed by atoms with E-state index in [2.05, 4.69) is 4.72 Å². The van der Waals surface area contributed by atoms with E-state index in [9.17, 15) is 18.5 Å². The van der Waals surface area contributed by atoms with Gasteiger partial charge < -0.3 is 4.90 Å². The quantitative estimate of drug-likeness (QED) is 0.424. The topological polar surface area (TPSA) is 92.5 Å². The van der Waals surface area contributed by atoms with Crippen LogP contribution in [0.1, 0.15) is 23.1 Å². The van der Waals surface area contributed by atoms with Crippen LogP contribution in [0.4, 0.5) is 11.4 Å². The molecule has 0 fully saturated rings. The predicted molar refractivity (Wildman–Crippen MR) is 107 cm³/mol. The number of nitrogens with one attached hydrogen (secondary N) is 1. The second-order valence-corrected chi connectivity index (χ2v) is 8.44. The summed E-state index contributed by atoms with van der Waals surface area (Å²) in [7, 11) is 0.144. The summed E-state index contributed by atoms with van der Waals surface area (Å²) in [4.78, 5) is 12.4. The Morgan fingerprint density at radius 1 is 1.11 bits per heavy atom. The number of non-ortho nitro benzene ring substituents is 1. The molecular formula is C19H25N3O4S. The SMILES string of the molecule is Cc1cc([N+](=O)[O-])cc(S(=O)(=O)NCCCc2ccc(N(C)C)cc2)c1C. The van der Waals surface area contributed by atoms with E-state index in [-0.39, 0.29) is 17.1 Å². The number of sulfonamides is 1. The molecule has 0 saturated heterocycles. The maximum absolute atomic E-state index is 12.6. The fourth-order valence-electron chi connectivity index (χ4n) is 2.73. The molecule has 146 valence electrons. The summed E-state index contributed by atoms with van der Waals surface area (Å²) >= 11 is 0. The molecule has 0 aromatic heterocycles. The fraction of sp³-hybridized carbons (Fsp3) is 0.368. The maximum atomic E-state index is 12.6. The van der Waals surface area contributed by atoms with Crippen LogP contribution in [0.2, 0.25) is 0 Å². The molecule has 0 aliphatic heterocycles. The van der Waals surface area contributed by atoms with Gasteiger partial charge in [0.05, 0.1) is 9.82 Å². The Kier molecular flexibility index (Phi) is 6.56. The van der Waals surface area contributed by atoms with Gasteiger partial charge in [-0.2, -0.15) is 0 Å². The average Bonchev–Trinajstić information content (AvgIpc) is 2.61. The van der Waals surface area contributed by atoms with Gasteiger partial charge in [-0.25, -0.2) is 13.1 Å². The molecule has 27 heavy (non-hydrogen) atoms. The molecule has 0 heterocycles. The minimum absolute atomic E-state index is 0.0375. The molecule has 1 N–H and O–H groups in total. The van der Waals surface area contributed by atoms with Crippen molar-refractivity contribution in [3.8, 4) is 0 Å². The van der Waals surface area contributed by atoms with Gasteiger partial charge in [-0.05, 0) is 55.5 Å². The molecule has 0 unspecified atom stereocenters. The predicted octanol–water partition coefficient (Wildman–Crippen LogP) is 3.19. The van der Waals surface area contributed by atoms with Crippen LogP contribution in [0.5, 0.6) is 0 Å². The summed E-state index contributed by atoms with van der Waals surface area (Å²) in [6.45, 7) is 3.58. The summed E-state index contributed by atoms with van der Waals surface area (Å²) in [5.74, 6) is 0. The Bertz CT molecular complexity index is 923. The number of nitrogens with zero attached hydrogens (tertiary/aromatic N) is 2. The highest BCUT2D eigenvalue weighted by atomic mass is 32.2. The standard InChI is InChI=1S/C19H25N3O4S/c1-14-12-18(22(23)24)13-19(15(14)2)27(25,26)20-11-5-6-16-7-9-17(10-8-16)21(3)4/h7-10,12-13,20H,5-6,11H2,1-4H3. The van der Waals surface area contributed by atoms with Gasteiger partial charge >= 0.3 is 0 Å². The summed E-state index contributed by atoms with van der Waals surface area (Å²) < 4.78 is 27.7. The first kappa shape index (κ1) is 20.9. The zero-order valence-electron chi connectivity index (χ0n) is 16.0. The lowest BCUT2D eigenvalue weighted by atomic mass is 10.1. The first-order valence-electron chi connectivity index (χ1n) is 8.63. The number of hydrogen-bond acceptors (Lipinski definition) is 5. The van der Waals surface area contributed by atoms with Crippen molar-refractivity contribution in [2.45, 2.75) is 31.6 Å². The van der Waals surface area contributed by atoms with Gasteiger partial charge in [0, 0.05) is 38.5 Å². The Labute approximate surface area is 160 Å². The van der Waals surface area contributed by atoms with Gasteiger partial charge in [-0.15, -0.1) is 0 Å². The first-order valence-corrected chi connectivity index (χ1v) is 10.1. The molecule has 0 radical (unpaired) electrons. The van der Waals surface area contributed by atoms with E-state index in [4.69, 9.17) is 0 Å². The Morgan fingerprint density at radius 2 is 1.74 bits per heavy atom. The van der Waals surface area contributed by atoms with Crippen LogP contribution in [-0.2, 0) is 16.4 Å². The Hall–Kier alpha value is -2.45. The van der Waals surface area contributed by atoms with E-state index < -0.39 is 14.9 Å². The van der Waals surface area contributed by atoms with Gasteiger partial charge in [0.25, 0.3) is 5.69 Å². The van der Waals surface area contributed by atoms with Crippen LogP contribution >= 0.6 is 0 Å². The molecule has 8 heteroatoms. The van der Waals surface area contributed by atoms with Crippen LogP contribution in [0.3, 0.4) is 0 Å². The molecule has 0 aliphatic rings. The van der Waals surface area contributed by atoms with E-state index in [1.807, 2.05) is 43.3 Å². The minimum Gasteiger partial charge on any atom is -0.378 e. The Morgan fingerprint density at radius 3 is 2.30 bits per heavy atom. The van der Waals surface area contributed by atoms with Crippen molar-refractivity contribution in [3.63, 3.8) is 0 Å². The summed E-state index contributed by atoms with van der Waals surface area (Å²) in [5.41, 5.74) is 3.11. The molecule has 2 aromatic carbocycles. The minimum atomic E-state index is -3.80. The van der Waals surface area contributed by atoms with Crippen molar-refractivity contribution in [1.29, 1.82) is 0 Å². The molecule has 0 spiro atoms. The summed E-state index contributed by atoms with van der Waals surface area (Å²) in [5, 5.41) is 11.0. The Balaban J connectivity index is 2.02. The lowest BCUT2D eigenvalue weighted by Gasteiger charge is -2.13. The number of benzene rings is 2. The van der Waals surface area contributed by atoms with E-state index in [0.29, 0.717) is 17.5 Å². The molecule has 0 saturated carbocycles. The van der Waals surface area contributed by atoms with E-state index in [0.717, 1.165) is 23.7 Å². The molecule has 7 nitrogen and oxygen atoms in total. The molecule has 0 aliphatic carbocycles. The third-order valence-electron chi connectivity index (χ3n) is 4.49. The van der Waals surface area contributed by atoms with Crippen LogP contribution in [-0.4, -0.2) is 34.0 Å². The lowest BCUT2D eigenvalue weighted by molar-refractivity contribution is -0.385. The van der Waals surface area contributed by atoms with Gasteiger partial charge in [0.2, 0.25) is 10.0 Å². The highest BCUT2D eigenvalue weighted by Gasteiger charge is 2.21. The van der Waals surface area contributed by atoms with E-state index in [1.54, 1.807) is 13.8 Å². The third kappa shape index (κ3) is 5.27. The van der Waals surface area contributed by atoms with Crippen LogP contribution in [0.15, 0.2) is 41.3 Å². The number of hydrogen-bond donors (Lipinski definition) is 1. The normalized spacial score (nSPS) is 11.4. The van der Waals surface area contributed by atoms with E-state index in [1.165, 1.54) is 6.07 Å². The maximum Gasteiger partial charge on any atom is 0.271 e. The second kappa shape index (κ2) is 8.49. The average molecular weight is 391 g/mol. The smallest absolute Gasteiger partial charge is 0.271 e. The molecular weight excluding hydrogens is 366 g/mol. The molecule has 0 atom stereocenters. The van der Waals surface area contributed by atoms with Crippen LogP contribution in [0.25, 0.3) is 0 Å². The van der Waals surface area contributed by atoms with Crippen molar-refractivity contribution < 1.29 is 13.3 Å². The molecule has 2 aromatic rings. The highest BCUT2D eigenvalue weighted by molar-refractivity contribution is 7.89. The van der Waals surface area contributed by atoms with Gasteiger partial charge in [-0.3, -0.25) is 10.1 Å². The fourth-order valence-corrected chi connectivity index (χ4v) is 4.14. The van der Waals surface area contributed by atoms with Gasteiger partial charge in [-0.1, -0.05) is 12.1 Å². The van der Waals surface area contributed by atoms with Gasteiger partial charge in [0.15, 0.2) is 0 Å². The van der Waals surface area contributed by atoms with Gasteiger partial charge in [0.1, 0.15) is 0 Å². The number of anilines is 1. The van der Waals surface area contributed by atoms with Crippen molar-refractivity contribution in [3.05, 3.63) is 63.2 Å². The van der Waals surface area contributed by atoms with Crippen LogP contribution in [0, 0.1) is 24.0 Å². The van der Waals surface area contributed by atoms with Crippen molar-refractivity contribution in [1.82, 2.24) is 4.72 Å². The first-order chi connectivity index (χ1) is 12.6. The summed E-state index contributed by atoms with van der Waals surface area (Å²) in [6, 6.07) is 10.6. The number of nitro groups is 1. The molecule has 0 amide bonds. The third-order valence-corrected chi connectivity index (χ3v) is 6.08. The zero-order chi connectivity index (χ0) is 20.2. The number of nitro benzene ring substituents is 1. The number of aryl methyl sites for hydroxylation is 2. The second-order valence-electron chi connectivity index (χ2n) is 6.71. The van der Waals surface area contributed by atoms with Crippen molar-refractivity contribution in [2.24, 2.45) is 0 Å².